The third-order valence-electron chi connectivity index (χ3n) is 4.53. The van der Waals surface area contributed by atoms with Crippen molar-refractivity contribution in [3.8, 4) is 23.0 Å². The van der Waals surface area contributed by atoms with E-state index in [1.165, 1.54) is 0 Å². The van der Waals surface area contributed by atoms with Gasteiger partial charge >= 0.3 is 0 Å². The topological polar surface area (TPSA) is 66.0 Å². The second kappa shape index (κ2) is 8.87. The van der Waals surface area contributed by atoms with Crippen LogP contribution >= 0.6 is 0 Å². The van der Waals surface area contributed by atoms with Crippen molar-refractivity contribution in [3.63, 3.8) is 0 Å². The first-order valence-electron chi connectivity index (χ1n) is 9.49. The Bertz CT molecular complexity index is 849. The van der Waals surface area contributed by atoms with E-state index in [2.05, 4.69) is 5.32 Å². The van der Waals surface area contributed by atoms with Gasteiger partial charge in [-0.05, 0) is 50.6 Å². The van der Waals surface area contributed by atoms with E-state index in [1.807, 2.05) is 45.0 Å². The van der Waals surface area contributed by atoms with Crippen LogP contribution in [0.5, 0.6) is 23.0 Å². The number of hydrogen-bond donors (Lipinski definition) is 1. The van der Waals surface area contributed by atoms with Crippen molar-refractivity contribution in [2.45, 2.75) is 39.8 Å². The zero-order valence-corrected chi connectivity index (χ0v) is 16.8. The van der Waals surface area contributed by atoms with E-state index in [9.17, 15) is 4.79 Å². The van der Waals surface area contributed by atoms with Crippen LogP contribution in [0.1, 0.15) is 30.5 Å². The largest absolute Gasteiger partial charge is 0.494 e. The molecule has 0 fully saturated rings. The summed E-state index contributed by atoms with van der Waals surface area (Å²) in [4.78, 5) is 12.3. The fourth-order valence-electron chi connectivity index (χ4n) is 3.19. The summed E-state index contributed by atoms with van der Waals surface area (Å²) in [6.45, 7) is 6.76. The summed E-state index contributed by atoms with van der Waals surface area (Å²) < 4.78 is 22.5. The van der Waals surface area contributed by atoms with Gasteiger partial charge in [0.15, 0.2) is 18.1 Å². The summed E-state index contributed by atoms with van der Waals surface area (Å²) in [6, 6.07) is 9.54. The van der Waals surface area contributed by atoms with Crippen molar-refractivity contribution in [2.24, 2.45) is 0 Å². The highest BCUT2D eigenvalue weighted by Gasteiger charge is 2.22. The van der Waals surface area contributed by atoms with Crippen LogP contribution in [0.2, 0.25) is 0 Å². The fraction of sp³-hybridized carbons (Fsp3) is 0.409. The summed E-state index contributed by atoms with van der Waals surface area (Å²) >= 11 is 0. The van der Waals surface area contributed by atoms with Crippen LogP contribution in [0.25, 0.3) is 0 Å². The molecule has 1 amide bonds. The number of nitrogens with one attached hydrogen (secondary N) is 1. The summed E-state index contributed by atoms with van der Waals surface area (Å²) in [5, 5.41) is 2.88. The lowest BCUT2D eigenvalue weighted by molar-refractivity contribution is -0.123. The number of hydrogen-bond acceptors (Lipinski definition) is 5. The average Bonchev–Trinajstić information content (AvgIpc) is 3.04. The Labute approximate surface area is 165 Å². The third-order valence-corrected chi connectivity index (χ3v) is 4.53. The maximum Gasteiger partial charge on any atom is 0.258 e. The Kier molecular flexibility index (Phi) is 6.29. The lowest BCUT2D eigenvalue weighted by Gasteiger charge is -2.14. The highest BCUT2D eigenvalue weighted by atomic mass is 16.5. The van der Waals surface area contributed by atoms with E-state index >= 15 is 0 Å². The SMILES string of the molecule is CCOc1cc2c(cc1CNC(=O)COc1ccc(C)cc1OC)OC(C)C2. The minimum Gasteiger partial charge on any atom is -0.494 e. The van der Waals surface area contributed by atoms with E-state index in [0.29, 0.717) is 24.7 Å². The van der Waals surface area contributed by atoms with E-state index in [4.69, 9.17) is 18.9 Å². The fourth-order valence-corrected chi connectivity index (χ4v) is 3.19. The van der Waals surface area contributed by atoms with Crippen molar-refractivity contribution >= 4 is 5.91 Å². The number of amides is 1. The van der Waals surface area contributed by atoms with Crippen molar-refractivity contribution in [1.82, 2.24) is 5.32 Å². The summed E-state index contributed by atoms with van der Waals surface area (Å²) in [5.41, 5.74) is 3.09. The van der Waals surface area contributed by atoms with E-state index < -0.39 is 0 Å². The minimum absolute atomic E-state index is 0.0954. The molecule has 0 aliphatic carbocycles. The number of carbonyl (C=O) groups is 1. The summed E-state index contributed by atoms with van der Waals surface area (Å²) in [5.74, 6) is 2.57. The number of carbonyl (C=O) groups excluding carboxylic acids is 1. The van der Waals surface area contributed by atoms with Crippen LogP contribution in [-0.2, 0) is 17.8 Å². The quantitative estimate of drug-likeness (QED) is 0.754. The lowest BCUT2D eigenvalue weighted by atomic mass is 10.1. The van der Waals surface area contributed by atoms with Gasteiger partial charge in [-0.25, -0.2) is 0 Å². The summed E-state index contributed by atoms with van der Waals surface area (Å²) in [7, 11) is 1.58. The molecule has 2 aromatic rings. The molecule has 0 saturated carbocycles. The first-order valence-corrected chi connectivity index (χ1v) is 9.49. The monoisotopic (exact) mass is 385 g/mol. The number of fused-ring (bicyclic) bond motifs is 1. The van der Waals surface area contributed by atoms with Crippen LogP contribution in [-0.4, -0.2) is 32.3 Å². The molecule has 1 atom stereocenters. The van der Waals surface area contributed by atoms with Gasteiger partial charge in [0, 0.05) is 24.1 Å². The van der Waals surface area contributed by atoms with Gasteiger partial charge in [0.05, 0.1) is 13.7 Å². The molecule has 6 nitrogen and oxygen atoms in total. The average molecular weight is 385 g/mol. The molecule has 6 heteroatoms. The van der Waals surface area contributed by atoms with Gasteiger partial charge in [-0.15, -0.1) is 0 Å². The van der Waals surface area contributed by atoms with E-state index in [-0.39, 0.29) is 18.6 Å². The van der Waals surface area contributed by atoms with Crippen LogP contribution in [0, 0.1) is 6.92 Å². The molecular weight excluding hydrogens is 358 g/mol. The molecule has 2 aromatic carbocycles. The molecule has 0 saturated heterocycles. The van der Waals surface area contributed by atoms with Gasteiger partial charge in [0.2, 0.25) is 0 Å². The molecule has 1 unspecified atom stereocenters. The Morgan fingerprint density at radius 2 is 2.00 bits per heavy atom. The molecule has 1 heterocycles. The molecule has 1 aliphatic rings. The number of aryl methyl sites for hydroxylation is 1. The molecule has 1 N–H and O–H groups in total. The number of benzene rings is 2. The first-order chi connectivity index (χ1) is 13.5. The third kappa shape index (κ3) is 4.68. The molecular formula is C22H27NO5. The summed E-state index contributed by atoms with van der Waals surface area (Å²) in [6.07, 6.45) is 1.03. The standard InChI is InChI=1S/C22H27NO5/c1-5-26-19-10-16-9-15(3)28-20(16)11-17(19)12-23-22(24)13-27-18-7-6-14(2)8-21(18)25-4/h6-8,10-11,15H,5,9,12-13H2,1-4H3,(H,23,24). The zero-order chi connectivity index (χ0) is 20.1. The number of rotatable bonds is 8. The Hall–Kier alpha value is -2.89. The Balaban J connectivity index is 1.61. The van der Waals surface area contributed by atoms with Crippen LogP contribution in [0.4, 0.5) is 0 Å². The van der Waals surface area contributed by atoms with Crippen LogP contribution < -0.4 is 24.3 Å². The predicted molar refractivity (Wildman–Crippen MR) is 106 cm³/mol. The van der Waals surface area contributed by atoms with Crippen molar-refractivity contribution in [1.29, 1.82) is 0 Å². The highest BCUT2D eigenvalue weighted by molar-refractivity contribution is 5.77. The maximum absolute atomic E-state index is 12.3. The molecule has 0 aromatic heterocycles. The smallest absolute Gasteiger partial charge is 0.258 e. The van der Waals surface area contributed by atoms with Crippen molar-refractivity contribution < 1.29 is 23.7 Å². The van der Waals surface area contributed by atoms with Crippen LogP contribution in [0.15, 0.2) is 30.3 Å². The zero-order valence-electron chi connectivity index (χ0n) is 16.8. The normalized spacial score (nSPS) is 14.8. The molecule has 150 valence electrons. The number of methoxy groups -OCH3 is 1. The first kappa shape index (κ1) is 19.9. The van der Waals surface area contributed by atoms with E-state index in [1.54, 1.807) is 13.2 Å². The van der Waals surface area contributed by atoms with Gasteiger partial charge in [-0.1, -0.05) is 6.07 Å². The van der Waals surface area contributed by atoms with Gasteiger partial charge in [-0.2, -0.15) is 0 Å². The molecule has 1 aliphatic heterocycles. The number of ether oxygens (including phenoxy) is 4. The minimum atomic E-state index is -0.222. The van der Waals surface area contributed by atoms with Crippen molar-refractivity contribution in [3.05, 3.63) is 47.0 Å². The van der Waals surface area contributed by atoms with Gasteiger partial charge in [-0.3, -0.25) is 4.79 Å². The second-order valence-electron chi connectivity index (χ2n) is 6.85. The predicted octanol–water partition coefficient (Wildman–Crippen LogP) is 3.42. The van der Waals surface area contributed by atoms with Gasteiger partial charge < -0.3 is 24.3 Å². The second-order valence-corrected chi connectivity index (χ2v) is 6.85. The van der Waals surface area contributed by atoms with Gasteiger partial charge in [0.25, 0.3) is 5.91 Å². The van der Waals surface area contributed by atoms with Gasteiger partial charge in [0.1, 0.15) is 17.6 Å². The lowest BCUT2D eigenvalue weighted by Crippen LogP contribution is -2.28. The Morgan fingerprint density at radius 1 is 1.18 bits per heavy atom. The molecule has 0 spiro atoms. The van der Waals surface area contributed by atoms with Crippen LogP contribution in [0.3, 0.4) is 0 Å². The van der Waals surface area contributed by atoms with Crippen molar-refractivity contribution in [2.75, 3.05) is 20.3 Å². The Morgan fingerprint density at radius 3 is 2.75 bits per heavy atom. The maximum atomic E-state index is 12.3. The highest BCUT2D eigenvalue weighted by Crippen LogP contribution is 2.35. The molecule has 0 bridgehead atoms. The molecule has 28 heavy (non-hydrogen) atoms. The van der Waals surface area contributed by atoms with E-state index in [0.717, 1.165) is 34.6 Å². The molecule has 0 radical (unpaired) electrons. The molecule has 3 rings (SSSR count).